The highest BCUT2D eigenvalue weighted by molar-refractivity contribution is 5.71. The van der Waals surface area contributed by atoms with Crippen LogP contribution in [0.15, 0.2) is 46.1 Å². The summed E-state index contributed by atoms with van der Waals surface area (Å²) < 4.78 is 40.4. The van der Waals surface area contributed by atoms with Crippen LogP contribution in [0.25, 0.3) is 16.8 Å². The van der Waals surface area contributed by atoms with Gasteiger partial charge in [-0.3, -0.25) is 14.8 Å². The number of halogens is 3. The normalized spacial score (nSPS) is 11.2. The lowest BCUT2D eigenvalue weighted by Gasteiger charge is -2.14. The Morgan fingerprint density at radius 3 is 2.56 bits per heavy atom. The molecule has 0 saturated carbocycles. The predicted molar refractivity (Wildman–Crippen MR) is 88.1 cm³/mol. The molecule has 2 heterocycles. The SMILES string of the molecule is Cc1cc(-n2nc(C#N)c(=O)[nH]c2=O)ccc1-c1cccnc1C(F)(F)F. The zero-order valence-electron chi connectivity index (χ0n) is 13.7. The van der Waals surface area contributed by atoms with Gasteiger partial charge in [0.25, 0.3) is 5.56 Å². The van der Waals surface area contributed by atoms with Gasteiger partial charge in [0.05, 0.1) is 5.69 Å². The van der Waals surface area contributed by atoms with Gasteiger partial charge >= 0.3 is 11.9 Å². The minimum absolute atomic E-state index is 0.103. The molecule has 0 amide bonds. The molecule has 0 bridgehead atoms. The molecule has 0 unspecified atom stereocenters. The Kier molecular flexibility index (Phi) is 4.37. The van der Waals surface area contributed by atoms with E-state index >= 15 is 0 Å². The van der Waals surface area contributed by atoms with Crippen molar-refractivity contribution in [3.63, 3.8) is 0 Å². The number of benzene rings is 1. The molecule has 0 aliphatic carbocycles. The van der Waals surface area contributed by atoms with E-state index in [2.05, 4.69) is 10.1 Å². The maximum Gasteiger partial charge on any atom is 0.433 e. The average molecular weight is 373 g/mol. The van der Waals surface area contributed by atoms with Crippen LogP contribution in [0.5, 0.6) is 0 Å². The first-order chi connectivity index (χ1) is 12.7. The quantitative estimate of drug-likeness (QED) is 0.741. The van der Waals surface area contributed by atoms with E-state index in [1.165, 1.54) is 30.3 Å². The van der Waals surface area contributed by atoms with Crippen molar-refractivity contribution in [1.29, 1.82) is 5.26 Å². The summed E-state index contributed by atoms with van der Waals surface area (Å²) >= 11 is 0. The average Bonchev–Trinajstić information content (AvgIpc) is 2.61. The standard InChI is InChI=1S/C17H10F3N5O2/c1-9-7-10(25-16(27)23-15(26)13(8-21)24-25)4-5-11(9)12-3-2-6-22-14(12)17(18,19)20/h2-7H,1H3,(H,23,26,27). The highest BCUT2D eigenvalue weighted by Crippen LogP contribution is 2.36. The molecule has 7 nitrogen and oxygen atoms in total. The summed E-state index contributed by atoms with van der Waals surface area (Å²) in [6.45, 7) is 1.56. The Labute approximate surface area is 149 Å². The summed E-state index contributed by atoms with van der Waals surface area (Å²) in [5.41, 5.74) is -2.54. The number of hydrogen-bond acceptors (Lipinski definition) is 5. The molecule has 10 heteroatoms. The van der Waals surface area contributed by atoms with Crippen molar-refractivity contribution in [1.82, 2.24) is 19.7 Å². The second kappa shape index (κ2) is 6.53. The molecule has 0 saturated heterocycles. The molecule has 1 aromatic carbocycles. The van der Waals surface area contributed by atoms with Crippen molar-refractivity contribution in [3.8, 4) is 22.9 Å². The van der Waals surface area contributed by atoms with Crippen LogP contribution in [-0.2, 0) is 6.18 Å². The van der Waals surface area contributed by atoms with E-state index in [9.17, 15) is 22.8 Å². The van der Waals surface area contributed by atoms with E-state index in [0.717, 1.165) is 10.9 Å². The van der Waals surface area contributed by atoms with Crippen LogP contribution in [0.3, 0.4) is 0 Å². The van der Waals surface area contributed by atoms with Gasteiger partial charge in [-0.15, -0.1) is 5.10 Å². The Morgan fingerprint density at radius 2 is 1.93 bits per heavy atom. The van der Waals surface area contributed by atoms with Gasteiger partial charge in [-0.1, -0.05) is 12.1 Å². The number of nitrogens with zero attached hydrogens (tertiary/aromatic N) is 4. The fourth-order valence-electron chi connectivity index (χ4n) is 2.58. The summed E-state index contributed by atoms with van der Waals surface area (Å²) in [5.74, 6) is 0. The lowest BCUT2D eigenvalue weighted by molar-refractivity contribution is -0.140. The van der Waals surface area contributed by atoms with Crippen molar-refractivity contribution >= 4 is 0 Å². The van der Waals surface area contributed by atoms with Crippen molar-refractivity contribution in [2.24, 2.45) is 0 Å². The third kappa shape index (κ3) is 3.35. The number of nitrogens with one attached hydrogen (secondary N) is 1. The number of nitriles is 1. The molecule has 0 spiro atoms. The summed E-state index contributed by atoms with van der Waals surface area (Å²) in [6.07, 6.45) is -3.57. The smallest absolute Gasteiger partial charge is 0.270 e. The lowest BCUT2D eigenvalue weighted by Crippen LogP contribution is -2.33. The largest absolute Gasteiger partial charge is 0.433 e. The number of aryl methyl sites for hydroxylation is 1. The molecule has 136 valence electrons. The number of rotatable bonds is 2. The number of hydrogen-bond donors (Lipinski definition) is 1. The Hall–Kier alpha value is -3.74. The van der Waals surface area contributed by atoms with Gasteiger partial charge in [-0.25, -0.2) is 4.79 Å². The number of H-pyrrole nitrogens is 1. The fourth-order valence-corrected chi connectivity index (χ4v) is 2.58. The Balaban J connectivity index is 2.16. The predicted octanol–water partition coefficient (Wildman–Crippen LogP) is 2.18. The third-order valence-corrected chi connectivity index (χ3v) is 3.75. The van der Waals surface area contributed by atoms with Crippen LogP contribution in [0.4, 0.5) is 13.2 Å². The Bertz CT molecular complexity index is 1190. The molecule has 0 atom stereocenters. The molecule has 3 aromatic rings. The first-order valence-electron chi connectivity index (χ1n) is 7.49. The van der Waals surface area contributed by atoms with E-state index < -0.39 is 28.8 Å². The topological polar surface area (TPSA) is 104 Å². The van der Waals surface area contributed by atoms with Crippen LogP contribution in [0.2, 0.25) is 0 Å². The molecule has 0 aliphatic rings. The maximum absolute atomic E-state index is 13.2. The van der Waals surface area contributed by atoms with E-state index in [1.807, 2.05) is 4.98 Å². The Morgan fingerprint density at radius 1 is 1.19 bits per heavy atom. The minimum Gasteiger partial charge on any atom is -0.270 e. The van der Waals surface area contributed by atoms with Gasteiger partial charge in [0.2, 0.25) is 5.69 Å². The van der Waals surface area contributed by atoms with Crippen molar-refractivity contribution in [2.45, 2.75) is 13.1 Å². The molecule has 0 radical (unpaired) electrons. The zero-order chi connectivity index (χ0) is 19.8. The molecule has 3 rings (SSSR count). The zero-order valence-corrected chi connectivity index (χ0v) is 13.7. The molecule has 0 aliphatic heterocycles. The van der Waals surface area contributed by atoms with E-state index in [-0.39, 0.29) is 16.8 Å². The van der Waals surface area contributed by atoms with Crippen molar-refractivity contribution < 1.29 is 13.2 Å². The summed E-state index contributed by atoms with van der Waals surface area (Å²) in [4.78, 5) is 28.7. The monoisotopic (exact) mass is 373 g/mol. The molecule has 0 fully saturated rings. The van der Waals surface area contributed by atoms with E-state index in [0.29, 0.717) is 5.56 Å². The second-order valence-corrected chi connectivity index (χ2v) is 5.53. The molecular weight excluding hydrogens is 363 g/mol. The molecule has 2 aromatic heterocycles. The van der Waals surface area contributed by atoms with Crippen LogP contribution < -0.4 is 11.2 Å². The first kappa shape index (κ1) is 18.1. The number of aromatic nitrogens is 4. The second-order valence-electron chi connectivity index (χ2n) is 5.53. The number of alkyl halides is 3. The first-order valence-corrected chi connectivity index (χ1v) is 7.49. The van der Waals surface area contributed by atoms with Crippen LogP contribution in [0, 0.1) is 18.3 Å². The van der Waals surface area contributed by atoms with Gasteiger partial charge in [0, 0.05) is 11.8 Å². The van der Waals surface area contributed by atoms with Crippen molar-refractivity contribution in [2.75, 3.05) is 0 Å². The van der Waals surface area contributed by atoms with Gasteiger partial charge in [-0.05, 0) is 36.2 Å². The van der Waals surface area contributed by atoms with E-state index in [4.69, 9.17) is 5.26 Å². The van der Waals surface area contributed by atoms with Gasteiger partial charge in [-0.2, -0.15) is 23.1 Å². The van der Waals surface area contributed by atoms with Gasteiger partial charge in [0.1, 0.15) is 6.07 Å². The van der Waals surface area contributed by atoms with Gasteiger partial charge in [0.15, 0.2) is 5.69 Å². The molecule has 27 heavy (non-hydrogen) atoms. The van der Waals surface area contributed by atoms with Crippen LogP contribution in [0.1, 0.15) is 17.0 Å². The lowest BCUT2D eigenvalue weighted by atomic mass is 9.98. The fraction of sp³-hybridized carbons (Fsp3) is 0.118. The van der Waals surface area contributed by atoms with E-state index in [1.54, 1.807) is 13.0 Å². The van der Waals surface area contributed by atoms with Crippen molar-refractivity contribution in [3.05, 3.63) is 74.3 Å². The third-order valence-electron chi connectivity index (χ3n) is 3.75. The maximum atomic E-state index is 13.2. The minimum atomic E-state index is -4.62. The number of pyridine rings is 1. The highest BCUT2D eigenvalue weighted by Gasteiger charge is 2.35. The van der Waals surface area contributed by atoms with Gasteiger partial charge < -0.3 is 0 Å². The summed E-state index contributed by atoms with van der Waals surface area (Å²) in [7, 11) is 0. The summed E-state index contributed by atoms with van der Waals surface area (Å²) in [6, 6.07) is 8.44. The molecule has 1 N–H and O–H groups in total. The van der Waals surface area contributed by atoms with Crippen LogP contribution >= 0.6 is 0 Å². The highest BCUT2D eigenvalue weighted by atomic mass is 19.4. The van der Waals surface area contributed by atoms with Crippen LogP contribution in [-0.4, -0.2) is 19.7 Å². The molecular formula is C17H10F3N5O2. The number of aromatic amines is 1. The summed E-state index contributed by atoms with van der Waals surface area (Å²) in [5, 5.41) is 12.5.